The number of aromatic nitrogens is 5. The van der Waals surface area contributed by atoms with Gasteiger partial charge in [-0.25, -0.2) is 4.98 Å². The van der Waals surface area contributed by atoms with Gasteiger partial charge in [0.2, 0.25) is 0 Å². The van der Waals surface area contributed by atoms with E-state index in [1.165, 1.54) is 0 Å². The molecule has 1 atom stereocenters. The molecule has 0 unspecified atom stereocenters. The zero-order valence-corrected chi connectivity index (χ0v) is 14.4. The lowest BCUT2D eigenvalue weighted by atomic mass is 9.96. The number of carbonyl (C=O) groups is 1. The van der Waals surface area contributed by atoms with E-state index in [0.29, 0.717) is 18.8 Å². The van der Waals surface area contributed by atoms with Gasteiger partial charge in [0.1, 0.15) is 5.82 Å². The molecule has 1 amide bonds. The van der Waals surface area contributed by atoms with Gasteiger partial charge in [-0.05, 0) is 37.1 Å². The lowest BCUT2D eigenvalue weighted by molar-refractivity contribution is 0.0696. The van der Waals surface area contributed by atoms with Crippen LogP contribution < -0.4 is 0 Å². The number of hydrogen-bond acceptors (Lipinski definition) is 5. The summed E-state index contributed by atoms with van der Waals surface area (Å²) >= 11 is 0. The molecule has 0 saturated carbocycles. The van der Waals surface area contributed by atoms with E-state index >= 15 is 0 Å². The number of carbonyl (C=O) groups excluding carboxylic acids is 1. The first-order valence-electron chi connectivity index (χ1n) is 8.79. The second-order valence-electron chi connectivity index (χ2n) is 6.43. The maximum absolute atomic E-state index is 12.7. The third-order valence-corrected chi connectivity index (χ3v) is 4.67. The largest absolute Gasteiger partial charge is 0.337 e. The van der Waals surface area contributed by atoms with Gasteiger partial charge in [0.15, 0.2) is 5.69 Å². The average molecular weight is 348 g/mol. The van der Waals surface area contributed by atoms with Gasteiger partial charge in [0.05, 0.1) is 12.2 Å². The summed E-state index contributed by atoms with van der Waals surface area (Å²) in [6.07, 6.45) is 9.14. The minimum atomic E-state index is -0.0642. The molecule has 0 bridgehead atoms. The maximum atomic E-state index is 12.7. The normalized spacial score (nSPS) is 17.2. The molecule has 4 rings (SSSR count). The van der Waals surface area contributed by atoms with Gasteiger partial charge in [-0.15, -0.1) is 5.10 Å². The first-order chi connectivity index (χ1) is 12.8. The maximum Gasteiger partial charge on any atom is 0.274 e. The molecule has 7 heteroatoms. The van der Waals surface area contributed by atoms with Crippen LogP contribution in [0.2, 0.25) is 0 Å². The van der Waals surface area contributed by atoms with Crippen molar-refractivity contribution in [2.45, 2.75) is 25.3 Å². The van der Waals surface area contributed by atoms with Crippen molar-refractivity contribution in [2.24, 2.45) is 0 Å². The standard InChI is InChI=1S/C19H20N6O/c26-19(17-7-3-9-22-23-17)25-11-4-5-15(13-25)18-21-10-12-24(18)14-16-6-1-2-8-20-16/h1-3,6-10,12,15H,4-5,11,13-14H2/t15-/m1/s1. The fraction of sp³-hybridized carbons (Fsp3) is 0.316. The summed E-state index contributed by atoms with van der Waals surface area (Å²) in [6.45, 7) is 2.08. The monoisotopic (exact) mass is 348 g/mol. The number of likely N-dealkylation sites (tertiary alicyclic amines) is 1. The molecule has 0 aliphatic carbocycles. The molecule has 1 aliphatic heterocycles. The number of piperidine rings is 1. The number of amides is 1. The van der Waals surface area contributed by atoms with E-state index in [-0.39, 0.29) is 11.8 Å². The molecule has 0 radical (unpaired) electrons. The van der Waals surface area contributed by atoms with Crippen molar-refractivity contribution in [3.05, 3.63) is 72.3 Å². The highest BCUT2D eigenvalue weighted by molar-refractivity contribution is 5.92. The Morgan fingerprint density at radius 2 is 2.08 bits per heavy atom. The smallest absolute Gasteiger partial charge is 0.274 e. The minimum Gasteiger partial charge on any atom is -0.337 e. The van der Waals surface area contributed by atoms with Crippen LogP contribution in [0.3, 0.4) is 0 Å². The summed E-state index contributed by atoms with van der Waals surface area (Å²) in [5, 5.41) is 7.75. The quantitative estimate of drug-likeness (QED) is 0.722. The van der Waals surface area contributed by atoms with Crippen molar-refractivity contribution in [1.82, 2.24) is 29.6 Å². The molecule has 1 saturated heterocycles. The molecule has 3 aromatic heterocycles. The van der Waals surface area contributed by atoms with Crippen molar-refractivity contribution in [3.8, 4) is 0 Å². The van der Waals surface area contributed by atoms with E-state index in [9.17, 15) is 4.79 Å². The van der Waals surface area contributed by atoms with Crippen LogP contribution >= 0.6 is 0 Å². The molecule has 0 N–H and O–H groups in total. The van der Waals surface area contributed by atoms with E-state index < -0.39 is 0 Å². The molecule has 3 aromatic rings. The third-order valence-electron chi connectivity index (χ3n) is 4.67. The van der Waals surface area contributed by atoms with E-state index in [4.69, 9.17) is 0 Å². The summed E-state index contributed by atoms with van der Waals surface area (Å²) in [5.74, 6) is 1.15. The minimum absolute atomic E-state index is 0.0642. The van der Waals surface area contributed by atoms with Gasteiger partial charge in [-0.2, -0.15) is 5.10 Å². The Balaban J connectivity index is 1.50. The summed E-state index contributed by atoms with van der Waals surface area (Å²) in [4.78, 5) is 23.5. The van der Waals surface area contributed by atoms with Gasteiger partial charge < -0.3 is 9.47 Å². The van der Waals surface area contributed by atoms with Crippen molar-refractivity contribution >= 4 is 5.91 Å². The number of rotatable bonds is 4. The molecule has 26 heavy (non-hydrogen) atoms. The van der Waals surface area contributed by atoms with Crippen molar-refractivity contribution in [2.75, 3.05) is 13.1 Å². The van der Waals surface area contributed by atoms with Crippen LogP contribution in [0.25, 0.3) is 0 Å². The highest BCUT2D eigenvalue weighted by Gasteiger charge is 2.28. The van der Waals surface area contributed by atoms with Crippen molar-refractivity contribution in [1.29, 1.82) is 0 Å². The molecule has 4 heterocycles. The Bertz CT molecular complexity index is 864. The van der Waals surface area contributed by atoms with Crippen LogP contribution in [-0.2, 0) is 6.54 Å². The van der Waals surface area contributed by atoms with Crippen LogP contribution in [0.1, 0.15) is 40.8 Å². The fourth-order valence-electron chi connectivity index (χ4n) is 3.43. The molecule has 0 aromatic carbocycles. The molecular weight excluding hydrogens is 328 g/mol. The average Bonchev–Trinajstić information content (AvgIpc) is 3.17. The van der Waals surface area contributed by atoms with E-state index in [2.05, 4.69) is 24.7 Å². The first kappa shape index (κ1) is 16.4. The lowest BCUT2D eigenvalue weighted by Gasteiger charge is -2.32. The summed E-state index contributed by atoms with van der Waals surface area (Å²) < 4.78 is 2.13. The van der Waals surface area contributed by atoms with Gasteiger partial charge in [0, 0.05) is 43.8 Å². The molecule has 7 nitrogen and oxygen atoms in total. The third kappa shape index (κ3) is 3.46. The number of imidazole rings is 1. The number of nitrogens with zero attached hydrogens (tertiary/aromatic N) is 6. The summed E-state index contributed by atoms with van der Waals surface area (Å²) in [6, 6.07) is 9.35. The van der Waals surface area contributed by atoms with Crippen LogP contribution in [-0.4, -0.2) is 48.6 Å². The van der Waals surface area contributed by atoms with E-state index in [1.807, 2.05) is 35.5 Å². The highest BCUT2D eigenvalue weighted by Crippen LogP contribution is 2.27. The highest BCUT2D eigenvalue weighted by atomic mass is 16.2. The zero-order chi connectivity index (χ0) is 17.8. The Kier molecular flexibility index (Phi) is 4.68. The van der Waals surface area contributed by atoms with Crippen LogP contribution in [0, 0.1) is 0 Å². The Morgan fingerprint density at radius 3 is 2.88 bits per heavy atom. The first-order valence-corrected chi connectivity index (χ1v) is 8.79. The topological polar surface area (TPSA) is 76.8 Å². The van der Waals surface area contributed by atoms with Crippen LogP contribution in [0.5, 0.6) is 0 Å². The summed E-state index contributed by atoms with van der Waals surface area (Å²) in [7, 11) is 0. The second kappa shape index (κ2) is 7.43. The molecule has 1 aliphatic rings. The van der Waals surface area contributed by atoms with Crippen LogP contribution in [0.15, 0.2) is 55.1 Å². The molecule has 1 fully saturated rings. The van der Waals surface area contributed by atoms with Crippen LogP contribution in [0.4, 0.5) is 0 Å². The lowest BCUT2D eigenvalue weighted by Crippen LogP contribution is -2.40. The van der Waals surface area contributed by atoms with Gasteiger partial charge in [-0.1, -0.05) is 6.07 Å². The predicted octanol–water partition coefficient (Wildman–Crippen LogP) is 2.14. The predicted molar refractivity (Wildman–Crippen MR) is 95.5 cm³/mol. The van der Waals surface area contributed by atoms with Gasteiger partial charge in [0.25, 0.3) is 5.91 Å². The zero-order valence-electron chi connectivity index (χ0n) is 14.4. The fourth-order valence-corrected chi connectivity index (χ4v) is 3.43. The molecule has 0 spiro atoms. The molecule has 132 valence electrons. The SMILES string of the molecule is O=C(c1cccnn1)N1CCC[C@@H](c2nccn2Cc2ccccn2)C1. The van der Waals surface area contributed by atoms with Crippen molar-refractivity contribution < 1.29 is 4.79 Å². The number of hydrogen-bond donors (Lipinski definition) is 0. The van der Waals surface area contributed by atoms with Gasteiger partial charge in [-0.3, -0.25) is 9.78 Å². The van der Waals surface area contributed by atoms with E-state index in [1.54, 1.807) is 24.5 Å². The van der Waals surface area contributed by atoms with Crippen molar-refractivity contribution in [3.63, 3.8) is 0 Å². The van der Waals surface area contributed by atoms with Gasteiger partial charge >= 0.3 is 0 Å². The Labute approximate surface area is 151 Å². The van der Waals surface area contributed by atoms with E-state index in [0.717, 1.165) is 30.9 Å². The Hall–Kier alpha value is -3.09. The molecular formula is C19H20N6O. The number of pyridine rings is 1. The Morgan fingerprint density at radius 1 is 1.12 bits per heavy atom. The second-order valence-corrected chi connectivity index (χ2v) is 6.43. The summed E-state index contributed by atoms with van der Waals surface area (Å²) in [5.41, 5.74) is 1.39.